The van der Waals surface area contributed by atoms with Crippen LogP contribution in [0.25, 0.3) is 0 Å². The Kier molecular flexibility index (Phi) is 10.0. The molecule has 2 atom stereocenters. The SMILES string of the molecule is CC(=O)c1cccc(CN2C(=O)N(Cc3cccc(C(C)=O)c3)[C@H](CCc3ccccc3)C(O)[C@H]2CCc2ccccc2)c1. The van der Waals surface area contributed by atoms with Crippen LogP contribution < -0.4 is 0 Å². The van der Waals surface area contributed by atoms with Crippen molar-refractivity contribution in [3.05, 3.63) is 143 Å². The van der Waals surface area contributed by atoms with E-state index in [0.29, 0.717) is 36.8 Å². The molecule has 0 saturated carbocycles. The molecule has 1 heterocycles. The summed E-state index contributed by atoms with van der Waals surface area (Å²) in [6.07, 6.45) is 1.81. The number of aliphatic hydroxyl groups excluding tert-OH is 1. The fraction of sp³-hybridized carbons (Fsp3) is 0.289. The highest BCUT2D eigenvalue weighted by molar-refractivity contribution is 5.94. The number of aliphatic hydroxyl groups is 1. The van der Waals surface area contributed by atoms with E-state index in [9.17, 15) is 19.5 Å². The van der Waals surface area contributed by atoms with E-state index in [1.807, 2.05) is 72.8 Å². The Bertz CT molecular complexity index is 1470. The monoisotopic (exact) mass is 588 g/mol. The van der Waals surface area contributed by atoms with E-state index in [2.05, 4.69) is 24.3 Å². The van der Waals surface area contributed by atoms with Crippen LogP contribution in [0.1, 0.15) is 69.7 Å². The number of hydrogen-bond donors (Lipinski definition) is 1. The molecule has 226 valence electrons. The summed E-state index contributed by atoms with van der Waals surface area (Å²) in [5, 5.41) is 12.1. The minimum Gasteiger partial charge on any atom is -0.389 e. The maximum absolute atomic E-state index is 14.6. The zero-order valence-electron chi connectivity index (χ0n) is 25.4. The maximum atomic E-state index is 14.6. The van der Waals surface area contributed by atoms with Gasteiger partial charge in [0.2, 0.25) is 0 Å². The van der Waals surface area contributed by atoms with Crippen molar-refractivity contribution in [2.45, 2.75) is 70.8 Å². The van der Waals surface area contributed by atoms with Crippen LogP contribution in [0.5, 0.6) is 0 Å². The van der Waals surface area contributed by atoms with Gasteiger partial charge in [-0.15, -0.1) is 0 Å². The molecule has 0 spiro atoms. The molecule has 1 saturated heterocycles. The Morgan fingerprint density at radius 1 is 0.591 bits per heavy atom. The molecule has 4 aromatic carbocycles. The van der Waals surface area contributed by atoms with Crippen molar-refractivity contribution in [1.29, 1.82) is 0 Å². The van der Waals surface area contributed by atoms with Crippen LogP contribution in [0.15, 0.2) is 109 Å². The Morgan fingerprint density at radius 3 is 1.36 bits per heavy atom. The number of aryl methyl sites for hydroxylation is 2. The molecule has 5 rings (SSSR count). The number of benzene rings is 4. The lowest BCUT2D eigenvalue weighted by molar-refractivity contribution is -0.0478. The fourth-order valence-corrected chi connectivity index (χ4v) is 6.19. The molecule has 0 aliphatic carbocycles. The predicted octanol–water partition coefficient (Wildman–Crippen LogP) is 6.89. The Labute approximate surface area is 260 Å². The zero-order chi connectivity index (χ0) is 31.1. The normalized spacial score (nSPS) is 17.1. The van der Waals surface area contributed by atoms with Gasteiger partial charge in [-0.05, 0) is 73.9 Å². The van der Waals surface area contributed by atoms with Gasteiger partial charge in [-0.3, -0.25) is 9.59 Å². The zero-order valence-corrected chi connectivity index (χ0v) is 25.4. The Morgan fingerprint density at radius 2 is 0.977 bits per heavy atom. The van der Waals surface area contributed by atoms with E-state index >= 15 is 0 Å². The van der Waals surface area contributed by atoms with E-state index in [0.717, 1.165) is 22.3 Å². The van der Waals surface area contributed by atoms with Crippen molar-refractivity contribution in [1.82, 2.24) is 9.80 Å². The first-order chi connectivity index (χ1) is 21.3. The van der Waals surface area contributed by atoms with Crippen LogP contribution in [0, 0.1) is 0 Å². The van der Waals surface area contributed by atoms with Gasteiger partial charge in [0.25, 0.3) is 0 Å². The molecule has 6 nitrogen and oxygen atoms in total. The third kappa shape index (κ3) is 7.50. The quantitative estimate of drug-likeness (QED) is 0.183. The molecule has 0 bridgehead atoms. The van der Waals surface area contributed by atoms with Gasteiger partial charge < -0.3 is 14.9 Å². The number of ketones is 2. The van der Waals surface area contributed by atoms with Gasteiger partial charge in [0.1, 0.15) is 0 Å². The molecule has 4 aromatic rings. The molecule has 44 heavy (non-hydrogen) atoms. The van der Waals surface area contributed by atoms with Crippen LogP contribution in [0.2, 0.25) is 0 Å². The predicted molar refractivity (Wildman–Crippen MR) is 172 cm³/mol. The molecule has 2 amide bonds. The van der Waals surface area contributed by atoms with Crippen molar-refractivity contribution in [2.75, 3.05) is 0 Å². The van der Waals surface area contributed by atoms with Gasteiger partial charge in [0, 0.05) is 24.2 Å². The number of nitrogens with zero attached hydrogens (tertiary/aromatic N) is 2. The topological polar surface area (TPSA) is 77.9 Å². The number of carbonyl (C=O) groups excluding carboxylic acids is 3. The lowest BCUT2D eigenvalue weighted by atomic mass is 9.88. The summed E-state index contributed by atoms with van der Waals surface area (Å²) in [5.41, 5.74) is 5.15. The summed E-state index contributed by atoms with van der Waals surface area (Å²) in [7, 11) is 0. The molecule has 1 aliphatic heterocycles. The third-order valence-corrected chi connectivity index (χ3v) is 8.60. The summed E-state index contributed by atoms with van der Waals surface area (Å²) >= 11 is 0. The van der Waals surface area contributed by atoms with E-state index < -0.39 is 18.2 Å². The van der Waals surface area contributed by atoms with Crippen LogP contribution in [0.4, 0.5) is 4.79 Å². The second-order valence-electron chi connectivity index (χ2n) is 11.7. The number of hydrogen-bond acceptors (Lipinski definition) is 4. The average Bonchev–Trinajstić information content (AvgIpc) is 3.04. The molecule has 6 heteroatoms. The van der Waals surface area contributed by atoms with Gasteiger partial charge in [0.15, 0.2) is 11.6 Å². The van der Waals surface area contributed by atoms with Crippen molar-refractivity contribution in [2.24, 2.45) is 0 Å². The van der Waals surface area contributed by atoms with Crippen molar-refractivity contribution < 1.29 is 19.5 Å². The first-order valence-electron chi connectivity index (χ1n) is 15.3. The van der Waals surface area contributed by atoms with Crippen LogP contribution in [0.3, 0.4) is 0 Å². The highest BCUT2D eigenvalue weighted by Crippen LogP contribution is 2.32. The summed E-state index contributed by atoms with van der Waals surface area (Å²) in [4.78, 5) is 42.4. The standard InChI is InChI=1S/C38H40N2O4/c1-27(41)33-17-9-15-31(23-33)25-39-35(21-19-29-11-5-3-6-12-29)37(43)36(22-20-30-13-7-4-8-14-30)40(38(39)44)26-32-16-10-18-34(24-32)28(2)42/h3-18,23-24,35-37,43H,19-22,25-26H2,1-2H3/t35-,36-/m1/s1. The highest BCUT2D eigenvalue weighted by atomic mass is 16.3. The van der Waals surface area contributed by atoms with Crippen LogP contribution in [-0.4, -0.2) is 50.7 Å². The van der Waals surface area contributed by atoms with E-state index in [-0.39, 0.29) is 30.7 Å². The number of amides is 2. The molecular weight excluding hydrogens is 548 g/mol. The lowest BCUT2D eigenvalue weighted by Crippen LogP contribution is -2.65. The maximum Gasteiger partial charge on any atom is 0.321 e. The summed E-state index contributed by atoms with van der Waals surface area (Å²) < 4.78 is 0. The van der Waals surface area contributed by atoms with E-state index in [4.69, 9.17) is 0 Å². The third-order valence-electron chi connectivity index (χ3n) is 8.60. The molecule has 1 aliphatic rings. The van der Waals surface area contributed by atoms with Gasteiger partial charge in [-0.2, -0.15) is 0 Å². The second-order valence-corrected chi connectivity index (χ2v) is 11.7. The minimum absolute atomic E-state index is 0.0366. The number of Topliss-reactive ketones (excluding diaryl/α,β-unsaturated/α-hetero) is 2. The van der Waals surface area contributed by atoms with Crippen molar-refractivity contribution >= 4 is 17.6 Å². The fourth-order valence-electron chi connectivity index (χ4n) is 6.19. The van der Waals surface area contributed by atoms with Gasteiger partial charge >= 0.3 is 6.03 Å². The molecule has 0 aromatic heterocycles. The summed E-state index contributed by atoms with van der Waals surface area (Å²) in [6, 6.07) is 34.0. The average molecular weight is 589 g/mol. The van der Waals surface area contributed by atoms with Crippen molar-refractivity contribution in [3.8, 4) is 0 Å². The van der Waals surface area contributed by atoms with Gasteiger partial charge in [-0.1, -0.05) is 97.1 Å². The lowest BCUT2D eigenvalue weighted by Gasteiger charge is -2.49. The summed E-state index contributed by atoms with van der Waals surface area (Å²) in [5.74, 6) is -0.0733. The molecule has 1 fully saturated rings. The highest BCUT2D eigenvalue weighted by Gasteiger charge is 2.45. The smallest absolute Gasteiger partial charge is 0.321 e. The van der Waals surface area contributed by atoms with Crippen LogP contribution >= 0.6 is 0 Å². The van der Waals surface area contributed by atoms with Crippen LogP contribution in [-0.2, 0) is 25.9 Å². The Balaban J connectivity index is 1.50. The minimum atomic E-state index is -0.813. The number of urea groups is 1. The number of carbonyl (C=O) groups is 3. The molecule has 0 unspecified atom stereocenters. The van der Waals surface area contributed by atoms with Gasteiger partial charge in [-0.25, -0.2) is 4.79 Å². The second kappa shape index (κ2) is 14.3. The Hall–Kier alpha value is -4.55. The molecule has 0 radical (unpaired) electrons. The first-order valence-corrected chi connectivity index (χ1v) is 15.3. The van der Waals surface area contributed by atoms with E-state index in [1.54, 1.807) is 21.9 Å². The summed E-state index contributed by atoms with van der Waals surface area (Å²) in [6.45, 7) is 3.61. The first kappa shape index (κ1) is 30.9. The van der Waals surface area contributed by atoms with Gasteiger partial charge in [0.05, 0.1) is 18.2 Å². The largest absolute Gasteiger partial charge is 0.389 e. The van der Waals surface area contributed by atoms with E-state index in [1.165, 1.54) is 13.8 Å². The van der Waals surface area contributed by atoms with Crippen molar-refractivity contribution in [3.63, 3.8) is 0 Å². The molecular formula is C38H40N2O4. The number of rotatable bonds is 12. The molecule has 1 N–H and O–H groups in total.